The van der Waals surface area contributed by atoms with Gasteiger partial charge in [-0.3, -0.25) is 9.59 Å². The van der Waals surface area contributed by atoms with Gasteiger partial charge in [-0.2, -0.15) is 5.10 Å². The fraction of sp³-hybridized carbons (Fsp3) is 0.148. The third-order valence-corrected chi connectivity index (χ3v) is 9.22. The van der Waals surface area contributed by atoms with Crippen LogP contribution in [0.2, 0.25) is 15.1 Å². The summed E-state index contributed by atoms with van der Waals surface area (Å²) in [6, 6.07) is 13.5. The van der Waals surface area contributed by atoms with E-state index in [2.05, 4.69) is 15.7 Å². The van der Waals surface area contributed by atoms with E-state index >= 15 is 0 Å². The van der Waals surface area contributed by atoms with Crippen molar-refractivity contribution in [3.05, 3.63) is 93.2 Å². The van der Waals surface area contributed by atoms with Gasteiger partial charge in [0.15, 0.2) is 9.84 Å². The van der Waals surface area contributed by atoms with Crippen molar-refractivity contribution in [2.45, 2.75) is 30.4 Å². The molecule has 13 heteroatoms. The first-order valence-corrected chi connectivity index (χ1v) is 14.5. The number of amides is 2. The SMILES string of the molecule is CCC(C(=O)Nc1cc(O)c(NC(=O)c2cnn(-c3ccc(Cl)c(Cl)c3)c2)cc1Cl)S(=O)(=O)c1cccc(C)c1. The van der Waals surface area contributed by atoms with Gasteiger partial charge in [0, 0.05) is 12.3 Å². The molecule has 0 saturated heterocycles. The van der Waals surface area contributed by atoms with Gasteiger partial charge in [-0.15, -0.1) is 0 Å². The van der Waals surface area contributed by atoms with Crippen LogP contribution in [0.4, 0.5) is 11.4 Å². The number of sulfone groups is 1. The molecule has 0 bridgehead atoms. The molecule has 208 valence electrons. The number of hydrogen-bond donors (Lipinski definition) is 3. The van der Waals surface area contributed by atoms with Gasteiger partial charge in [0.1, 0.15) is 11.0 Å². The molecule has 0 radical (unpaired) electrons. The largest absolute Gasteiger partial charge is 0.506 e. The lowest BCUT2D eigenvalue weighted by molar-refractivity contribution is -0.115. The van der Waals surface area contributed by atoms with E-state index in [1.807, 2.05) is 0 Å². The normalized spacial score (nSPS) is 12.1. The lowest BCUT2D eigenvalue weighted by Gasteiger charge is -2.18. The number of hydrogen-bond acceptors (Lipinski definition) is 6. The number of nitrogens with one attached hydrogen (secondary N) is 2. The summed E-state index contributed by atoms with van der Waals surface area (Å²) >= 11 is 18.3. The average molecular weight is 622 g/mol. The average Bonchev–Trinajstić information content (AvgIpc) is 3.39. The van der Waals surface area contributed by atoms with Crippen LogP contribution in [0.1, 0.15) is 29.3 Å². The van der Waals surface area contributed by atoms with Gasteiger partial charge in [0.25, 0.3) is 5.91 Å². The second-order valence-electron chi connectivity index (χ2n) is 8.82. The van der Waals surface area contributed by atoms with Crippen LogP contribution in [0.3, 0.4) is 0 Å². The van der Waals surface area contributed by atoms with E-state index in [0.29, 0.717) is 15.7 Å². The second kappa shape index (κ2) is 11.9. The predicted molar refractivity (Wildman–Crippen MR) is 156 cm³/mol. The highest BCUT2D eigenvalue weighted by molar-refractivity contribution is 7.92. The Morgan fingerprint density at radius 2 is 1.73 bits per heavy atom. The molecule has 1 aromatic heterocycles. The first-order chi connectivity index (χ1) is 18.9. The van der Waals surface area contributed by atoms with E-state index < -0.39 is 32.7 Å². The Balaban J connectivity index is 1.50. The Morgan fingerprint density at radius 3 is 2.40 bits per heavy atom. The van der Waals surface area contributed by atoms with Crippen LogP contribution in [-0.4, -0.2) is 40.4 Å². The van der Waals surface area contributed by atoms with Gasteiger partial charge >= 0.3 is 0 Å². The molecule has 1 atom stereocenters. The zero-order valence-electron chi connectivity index (χ0n) is 21.2. The minimum absolute atomic E-state index is 0.00968. The van der Waals surface area contributed by atoms with Gasteiger partial charge in [-0.05, 0) is 55.3 Å². The molecule has 4 rings (SSSR count). The quantitative estimate of drug-likeness (QED) is 0.198. The Hall–Kier alpha value is -3.57. The molecular weight excluding hydrogens is 599 g/mol. The Kier molecular flexibility index (Phi) is 8.74. The minimum atomic E-state index is -3.99. The summed E-state index contributed by atoms with van der Waals surface area (Å²) in [6.45, 7) is 3.34. The highest BCUT2D eigenvalue weighted by Crippen LogP contribution is 2.35. The van der Waals surface area contributed by atoms with Gasteiger partial charge in [-0.1, -0.05) is 53.9 Å². The van der Waals surface area contributed by atoms with E-state index in [1.165, 1.54) is 35.3 Å². The van der Waals surface area contributed by atoms with E-state index in [0.717, 1.165) is 11.6 Å². The highest BCUT2D eigenvalue weighted by Gasteiger charge is 2.33. The molecule has 2 amide bonds. The smallest absolute Gasteiger partial charge is 0.258 e. The van der Waals surface area contributed by atoms with E-state index in [-0.39, 0.29) is 33.3 Å². The number of anilines is 2. The maximum atomic E-state index is 13.1. The van der Waals surface area contributed by atoms with Crippen LogP contribution < -0.4 is 10.6 Å². The summed E-state index contributed by atoms with van der Waals surface area (Å²) in [5, 5.41) is 19.0. The summed E-state index contributed by atoms with van der Waals surface area (Å²) in [5.41, 5.74) is 1.44. The number of carbonyl (C=O) groups is 2. The molecular formula is C27H23Cl3N4O5S. The number of phenols is 1. The van der Waals surface area contributed by atoms with Crippen LogP contribution in [0.25, 0.3) is 5.69 Å². The van der Waals surface area contributed by atoms with Crippen molar-refractivity contribution in [1.29, 1.82) is 0 Å². The van der Waals surface area contributed by atoms with Crippen molar-refractivity contribution in [2.24, 2.45) is 0 Å². The number of aromatic hydroxyl groups is 1. The number of nitrogens with zero attached hydrogens (tertiary/aromatic N) is 2. The zero-order chi connectivity index (χ0) is 29.2. The summed E-state index contributed by atoms with van der Waals surface area (Å²) in [5.74, 6) is -1.80. The summed E-state index contributed by atoms with van der Waals surface area (Å²) in [7, 11) is -3.99. The van der Waals surface area contributed by atoms with Crippen molar-refractivity contribution >= 4 is 67.8 Å². The maximum absolute atomic E-state index is 13.1. The predicted octanol–water partition coefficient (Wildman–Crippen LogP) is 6.29. The van der Waals surface area contributed by atoms with Crippen LogP contribution in [0.5, 0.6) is 5.75 Å². The molecule has 3 aromatic carbocycles. The number of phenolic OH excluding ortho intramolecular Hbond substituents is 1. The van der Waals surface area contributed by atoms with Crippen LogP contribution in [0.15, 0.2) is 71.9 Å². The van der Waals surface area contributed by atoms with Crippen molar-refractivity contribution in [1.82, 2.24) is 9.78 Å². The maximum Gasteiger partial charge on any atom is 0.258 e. The summed E-state index contributed by atoms with van der Waals surface area (Å²) in [6.07, 6.45) is 2.79. The lowest BCUT2D eigenvalue weighted by atomic mass is 10.2. The van der Waals surface area contributed by atoms with E-state index in [1.54, 1.807) is 44.2 Å². The number of carbonyl (C=O) groups excluding carboxylic acids is 2. The summed E-state index contributed by atoms with van der Waals surface area (Å²) < 4.78 is 27.7. The van der Waals surface area contributed by atoms with E-state index in [9.17, 15) is 23.1 Å². The number of aromatic nitrogens is 2. The molecule has 40 heavy (non-hydrogen) atoms. The molecule has 0 aliphatic heterocycles. The lowest BCUT2D eigenvalue weighted by Crippen LogP contribution is -2.34. The Bertz CT molecular complexity index is 1720. The number of benzene rings is 3. The second-order valence-corrected chi connectivity index (χ2v) is 12.2. The van der Waals surface area contributed by atoms with Gasteiger partial charge in [-0.25, -0.2) is 13.1 Å². The van der Waals surface area contributed by atoms with Gasteiger partial charge in [0.05, 0.1) is 48.8 Å². The van der Waals surface area contributed by atoms with Crippen molar-refractivity contribution in [2.75, 3.05) is 10.6 Å². The van der Waals surface area contributed by atoms with Gasteiger partial charge in [0.2, 0.25) is 5.91 Å². The molecule has 0 aliphatic carbocycles. The minimum Gasteiger partial charge on any atom is -0.506 e. The third-order valence-electron chi connectivity index (χ3n) is 5.96. The van der Waals surface area contributed by atoms with Crippen LogP contribution >= 0.6 is 34.8 Å². The monoisotopic (exact) mass is 620 g/mol. The number of rotatable bonds is 8. The Labute approximate surface area is 245 Å². The van der Waals surface area contributed by atoms with Gasteiger partial charge < -0.3 is 15.7 Å². The third kappa shape index (κ3) is 6.26. The molecule has 9 nitrogen and oxygen atoms in total. The molecule has 0 aliphatic rings. The molecule has 0 spiro atoms. The number of halogens is 3. The fourth-order valence-electron chi connectivity index (χ4n) is 3.88. The molecule has 0 saturated carbocycles. The van der Waals surface area contributed by atoms with Crippen molar-refractivity contribution < 1.29 is 23.1 Å². The van der Waals surface area contributed by atoms with Crippen molar-refractivity contribution in [3.8, 4) is 11.4 Å². The van der Waals surface area contributed by atoms with Crippen molar-refractivity contribution in [3.63, 3.8) is 0 Å². The standard InChI is InChI=1S/C27H23Cl3N4O5S/c1-3-25(40(38,39)18-6-4-5-15(2)9-18)27(37)32-22-12-24(35)23(11-21(22)30)33-26(36)16-13-31-34(14-16)17-7-8-19(28)20(29)10-17/h4-14,25,35H,3H2,1-2H3,(H,32,37)(H,33,36). The highest BCUT2D eigenvalue weighted by atomic mass is 35.5. The molecule has 4 aromatic rings. The van der Waals surface area contributed by atoms with Crippen LogP contribution in [0, 0.1) is 6.92 Å². The van der Waals surface area contributed by atoms with Crippen LogP contribution in [-0.2, 0) is 14.6 Å². The summed E-state index contributed by atoms with van der Waals surface area (Å²) in [4.78, 5) is 25.8. The first kappa shape index (κ1) is 29.4. The Morgan fingerprint density at radius 1 is 0.975 bits per heavy atom. The number of aryl methyl sites for hydroxylation is 1. The molecule has 1 heterocycles. The molecule has 0 fully saturated rings. The topological polar surface area (TPSA) is 130 Å². The first-order valence-electron chi connectivity index (χ1n) is 11.9. The zero-order valence-corrected chi connectivity index (χ0v) is 24.2. The molecule has 1 unspecified atom stereocenters. The fourth-order valence-corrected chi connectivity index (χ4v) is 6.11. The van der Waals surface area contributed by atoms with E-state index in [4.69, 9.17) is 34.8 Å². The molecule has 3 N–H and O–H groups in total.